The van der Waals surface area contributed by atoms with Gasteiger partial charge < -0.3 is 5.11 Å². The number of hydrogen-bond donors (Lipinski definition) is 1. The third kappa shape index (κ3) is 2.70. The van der Waals surface area contributed by atoms with E-state index in [0.29, 0.717) is 16.6 Å². The van der Waals surface area contributed by atoms with E-state index < -0.39 is 6.10 Å². The van der Waals surface area contributed by atoms with Crippen molar-refractivity contribution in [2.24, 2.45) is 0 Å². The fourth-order valence-corrected chi connectivity index (χ4v) is 2.45. The number of rotatable bonds is 3. The van der Waals surface area contributed by atoms with E-state index in [2.05, 4.69) is 15.0 Å². The van der Waals surface area contributed by atoms with Crippen LogP contribution in [0.2, 0.25) is 5.15 Å². The maximum Gasteiger partial charge on any atom is 0.261 e. The van der Waals surface area contributed by atoms with E-state index in [9.17, 15) is 9.90 Å². The van der Waals surface area contributed by atoms with Crippen LogP contribution in [0.15, 0.2) is 41.7 Å². The zero-order valence-corrected chi connectivity index (χ0v) is 12.5. The van der Waals surface area contributed by atoms with Gasteiger partial charge in [0.2, 0.25) is 0 Å². The van der Waals surface area contributed by atoms with Gasteiger partial charge in [-0.3, -0.25) is 14.3 Å². The average Bonchev–Trinajstić information content (AvgIpc) is 2.50. The van der Waals surface area contributed by atoms with Crippen molar-refractivity contribution in [1.29, 1.82) is 0 Å². The number of aromatic nitrogens is 4. The number of fused-ring (bicyclic) bond motifs is 1. The second-order valence-electron chi connectivity index (χ2n) is 4.98. The van der Waals surface area contributed by atoms with Gasteiger partial charge in [0.1, 0.15) is 16.4 Å². The van der Waals surface area contributed by atoms with E-state index in [1.54, 1.807) is 25.4 Å². The van der Waals surface area contributed by atoms with Gasteiger partial charge in [-0.25, -0.2) is 9.97 Å². The summed E-state index contributed by atoms with van der Waals surface area (Å²) in [4.78, 5) is 25.1. The summed E-state index contributed by atoms with van der Waals surface area (Å²) in [6.07, 6.45) is 4.06. The van der Waals surface area contributed by atoms with Crippen LogP contribution in [0.4, 0.5) is 0 Å². The number of halogens is 1. The molecule has 0 aliphatic heterocycles. The van der Waals surface area contributed by atoms with Crippen molar-refractivity contribution in [2.75, 3.05) is 0 Å². The molecule has 22 heavy (non-hydrogen) atoms. The standard InChI is InChI=1S/C15H13ClN4O2/c1-9(21)7-20-8-18-14-11(15(20)22)5-12(16)19-13(14)10-3-2-4-17-6-10/h2-6,8-9,21H,7H2,1H3. The maximum atomic E-state index is 12.5. The van der Waals surface area contributed by atoms with Crippen LogP contribution in [-0.4, -0.2) is 30.7 Å². The largest absolute Gasteiger partial charge is 0.392 e. The predicted octanol–water partition coefficient (Wildman–Crippen LogP) is 1.89. The first-order chi connectivity index (χ1) is 10.6. The summed E-state index contributed by atoms with van der Waals surface area (Å²) in [5.41, 5.74) is 1.44. The summed E-state index contributed by atoms with van der Waals surface area (Å²) in [7, 11) is 0. The molecule has 7 heteroatoms. The van der Waals surface area contributed by atoms with Gasteiger partial charge in [-0.1, -0.05) is 11.6 Å². The summed E-state index contributed by atoms with van der Waals surface area (Å²) in [6, 6.07) is 5.09. The fraction of sp³-hybridized carbons (Fsp3) is 0.200. The number of aliphatic hydroxyl groups is 1. The van der Waals surface area contributed by atoms with Crippen molar-refractivity contribution in [3.8, 4) is 11.3 Å². The summed E-state index contributed by atoms with van der Waals surface area (Å²) in [6.45, 7) is 1.78. The maximum absolute atomic E-state index is 12.5. The Morgan fingerprint density at radius 2 is 2.27 bits per heavy atom. The highest BCUT2D eigenvalue weighted by Crippen LogP contribution is 2.25. The second kappa shape index (κ2) is 5.82. The minimum atomic E-state index is -0.646. The Hall–Kier alpha value is -2.31. The van der Waals surface area contributed by atoms with Crippen molar-refractivity contribution >= 4 is 22.5 Å². The first kappa shape index (κ1) is 14.6. The summed E-state index contributed by atoms with van der Waals surface area (Å²) in [5.74, 6) is 0. The lowest BCUT2D eigenvalue weighted by molar-refractivity contribution is 0.172. The normalized spacial score (nSPS) is 12.5. The van der Waals surface area contributed by atoms with Gasteiger partial charge in [0.05, 0.1) is 24.4 Å². The van der Waals surface area contributed by atoms with Crippen molar-refractivity contribution in [3.63, 3.8) is 0 Å². The Morgan fingerprint density at radius 3 is 2.95 bits per heavy atom. The molecule has 0 saturated carbocycles. The van der Waals surface area contributed by atoms with E-state index in [4.69, 9.17) is 11.6 Å². The van der Waals surface area contributed by atoms with Gasteiger partial charge in [0.15, 0.2) is 0 Å². The van der Waals surface area contributed by atoms with Gasteiger partial charge in [0, 0.05) is 18.0 Å². The van der Waals surface area contributed by atoms with E-state index in [1.165, 1.54) is 17.0 Å². The minimum absolute atomic E-state index is 0.171. The Balaban J connectivity index is 2.28. The topological polar surface area (TPSA) is 80.9 Å². The van der Waals surface area contributed by atoms with Crippen molar-refractivity contribution < 1.29 is 5.11 Å². The zero-order chi connectivity index (χ0) is 15.7. The van der Waals surface area contributed by atoms with Crippen LogP contribution >= 0.6 is 11.6 Å². The van der Waals surface area contributed by atoms with E-state index in [0.717, 1.165) is 5.56 Å². The molecule has 0 spiro atoms. The summed E-state index contributed by atoms with van der Waals surface area (Å²) in [5, 5.41) is 10.0. The molecule has 6 nitrogen and oxygen atoms in total. The molecule has 0 saturated heterocycles. The first-order valence-corrected chi connectivity index (χ1v) is 7.08. The third-order valence-electron chi connectivity index (χ3n) is 3.17. The lowest BCUT2D eigenvalue weighted by Crippen LogP contribution is -2.25. The van der Waals surface area contributed by atoms with E-state index in [1.807, 2.05) is 6.07 Å². The first-order valence-electron chi connectivity index (χ1n) is 6.70. The third-order valence-corrected chi connectivity index (χ3v) is 3.37. The van der Waals surface area contributed by atoms with Gasteiger partial charge in [0.25, 0.3) is 5.56 Å². The quantitative estimate of drug-likeness (QED) is 0.746. The van der Waals surface area contributed by atoms with Crippen LogP contribution in [0.3, 0.4) is 0 Å². The van der Waals surface area contributed by atoms with Crippen LogP contribution in [0.1, 0.15) is 6.92 Å². The molecular formula is C15H13ClN4O2. The number of nitrogens with zero attached hydrogens (tertiary/aromatic N) is 4. The van der Waals surface area contributed by atoms with Crippen LogP contribution in [-0.2, 0) is 6.54 Å². The Bertz CT molecular complexity index is 878. The highest BCUT2D eigenvalue weighted by molar-refractivity contribution is 6.30. The highest BCUT2D eigenvalue weighted by atomic mass is 35.5. The smallest absolute Gasteiger partial charge is 0.261 e. The molecule has 3 aromatic heterocycles. The molecule has 112 valence electrons. The van der Waals surface area contributed by atoms with Crippen LogP contribution < -0.4 is 5.56 Å². The molecule has 1 N–H and O–H groups in total. The highest BCUT2D eigenvalue weighted by Gasteiger charge is 2.13. The molecule has 0 fully saturated rings. The van der Waals surface area contributed by atoms with Gasteiger partial charge in [-0.15, -0.1) is 0 Å². The molecule has 0 aliphatic rings. The SMILES string of the molecule is CC(O)Cn1cnc2c(-c3cccnc3)nc(Cl)cc2c1=O. The second-order valence-corrected chi connectivity index (χ2v) is 5.37. The Labute approximate surface area is 131 Å². The predicted molar refractivity (Wildman–Crippen MR) is 83.7 cm³/mol. The number of hydrogen-bond acceptors (Lipinski definition) is 5. The molecule has 0 bridgehead atoms. The molecule has 0 radical (unpaired) electrons. The van der Waals surface area contributed by atoms with Crippen molar-refractivity contribution in [1.82, 2.24) is 19.5 Å². The molecule has 3 heterocycles. The summed E-state index contributed by atoms with van der Waals surface area (Å²) >= 11 is 6.05. The molecule has 1 atom stereocenters. The lowest BCUT2D eigenvalue weighted by Gasteiger charge is -2.10. The molecular weight excluding hydrogens is 304 g/mol. The zero-order valence-electron chi connectivity index (χ0n) is 11.8. The Morgan fingerprint density at radius 1 is 1.45 bits per heavy atom. The van der Waals surface area contributed by atoms with E-state index >= 15 is 0 Å². The lowest BCUT2D eigenvalue weighted by atomic mass is 10.1. The average molecular weight is 317 g/mol. The molecule has 0 aromatic carbocycles. The Kier molecular flexibility index (Phi) is 3.87. The molecule has 0 amide bonds. The van der Waals surface area contributed by atoms with E-state index in [-0.39, 0.29) is 17.3 Å². The van der Waals surface area contributed by atoms with Crippen LogP contribution in [0.5, 0.6) is 0 Å². The number of pyridine rings is 2. The molecule has 3 aromatic rings. The monoisotopic (exact) mass is 316 g/mol. The molecule has 1 unspecified atom stereocenters. The van der Waals surface area contributed by atoms with Crippen LogP contribution in [0, 0.1) is 0 Å². The van der Waals surface area contributed by atoms with Gasteiger partial charge >= 0.3 is 0 Å². The number of aliphatic hydroxyl groups excluding tert-OH is 1. The van der Waals surface area contributed by atoms with Gasteiger partial charge in [-0.2, -0.15) is 0 Å². The van der Waals surface area contributed by atoms with Crippen molar-refractivity contribution in [2.45, 2.75) is 19.6 Å². The molecule has 3 rings (SSSR count). The van der Waals surface area contributed by atoms with Crippen molar-refractivity contribution in [3.05, 3.63) is 52.4 Å². The fourth-order valence-electron chi connectivity index (χ4n) is 2.25. The molecule has 0 aliphatic carbocycles. The van der Waals surface area contributed by atoms with Gasteiger partial charge in [-0.05, 0) is 25.1 Å². The summed E-state index contributed by atoms with van der Waals surface area (Å²) < 4.78 is 1.36. The van der Waals surface area contributed by atoms with Crippen LogP contribution in [0.25, 0.3) is 22.2 Å². The minimum Gasteiger partial charge on any atom is -0.392 e.